The monoisotopic (exact) mass is 412 g/mol. The van der Waals surface area contributed by atoms with Crippen LogP contribution in [0.2, 0.25) is 0 Å². The van der Waals surface area contributed by atoms with Crippen LogP contribution in [-0.2, 0) is 34.5 Å². The maximum absolute atomic E-state index is 12.2. The zero-order valence-corrected chi connectivity index (χ0v) is 16.8. The summed E-state index contributed by atoms with van der Waals surface area (Å²) >= 11 is 0. The van der Waals surface area contributed by atoms with E-state index in [0.717, 1.165) is 12.5 Å². The SMILES string of the molecule is COCOc1ccc2c(c1)-c1ccccc1C2(CS(C)(=O)=O)OS(C)(=O)=O. The first-order chi connectivity index (χ1) is 12.6. The van der Waals surface area contributed by atoms with E-state index >= 15 is 0 Å². The molecule has 1 unspecified atom stereocenters. The second-order valence-electron chi connectivity index (χ2n) is 6.49. The Hall–Kier alpha value is -1.94. The predicted molar refractivity (Wildman–Crippen MR) is 101 cm³/mol. The molecule has 9 heteroatoms. The van der Waals surface area contributed by atoms with Crippen molar-refractivity contribution in [1.29, 1.82) is 0 Å². The molecule has 0 saturated carbocycles. The first-order valence-electron chi connectivity index (χ1n) is 8.00. The fourth-order valence-electron chi connectivity index (χ4n) is 3.43. The number of methoxy groups -OCH3 is 1. The predicted octanol–water partition coefficient (Wildman–Crippen LogP) is 1.91. The lowest BCUT2D eigenvalue weighted by Crippen LogP contribution is -2.38. The van der Waals surface area contributed by atoms with Crippen molar-refractivity contribution in [2.75, 3.05) is 32.2 Å². The Morgan fingerprint density at radius 2 is 1.59 bits per heavy atom. The zero-order chi connectivity index (χ0) is 19.9. The summed E-state index contributed by atoms with van der Waals surface area (Å²) in [6.45, 7) is 0.0504. The molecule has 0 aromatic heterocycles. The molecule has 1 aliphatic carbocycles. The highest BCUT2D eigenvalue weighted by atomic mass is 32.2. The number of sulfone groups is 1. The van der Waals surface area contributed by atoms with Gasteiger partial charge >= 0.3 is 0 Å². The van der Waals surface area contributed by atoms with Gasteiger partial charge in [-0.05, 0) is 34.4 Å². The molecule has 0 spiro atoms. The second-order valence-corrected chi connectivity index (χ2v) is 10.2. The average molecular weight is 412 g/mol. The number of hydrogen-bond acceptors (Lipinski definition) is 7. The van der Waals surface area contributed by atoms with Gasteiger partial charge in [-0.25, -0.2) is 8.42 Å². The molecule has 0 fully saturated rings. The first-order valence-corrected chi connectivity index (χ1v) is 11.9. The first kappa shape index (κ1) is 19.8. The van der Waals surface area contributed by atoms with Crippen molar-refractivity contribution in [2.24, 2.45) is 0 Å². The third-order valence-electron chi connectivity index (χ3n) is 4.18. The van der Waals surface area contributed by atoms with Gasteiger partial charge in [-0.15, -0.1) is 0 Å². The lowest BCUT2D eigenvalue weighted by atomic mass is 9.93. The lowest BCUT2D eigenvalue weighted by molar-refractivity contribution is 0.0511. The van der Waals surface area contributed by atoms with E-state index in [1.165, 1.54) is 7.11 Å². The standard InChI is InChI=1S/C18H20O7S2/c1-23-12-24-13-8-9-17-15(10-13)14-6-4-5-7-16(14)18(17,11-26(2,19)20)25-27(3,21)22/h4-10H,11-12H2,1-3H3. The summed E-state index contributed by atoms with van der Waals surface area (Å²) in [5, 5.41) is 0. The largest absolute Gasteiger partial charge is 0.468 e. The minimum Gasteiger partial charge on any atom is -0.468 e. The van der Waals surface area contributed by atoms with Crippen molar-refractivity contribution < 1.29 is 30.5 Å². The number of ether oxygens (including phenoxy) is 2. The molecule has 0 amide bonds. The molecule has 7 nitrogen and oxygen atoms in total. The van der Waals surface area contributed by atoms with E-state index in [1.54, 1.807) is 42.5 Å². The summed E-state index contributed by atoms with van der Waals surface area (Å²) in [6.07, 6.45) is 1.96. The normalized spacial score (nSPS) is 18.8. The molecule has 0 N–H and O–H groups in total. The fraction of sp³-hybridized carbons (Fsp3) is 0.333. The van der Waals surface area contributed by atoms with Crippen molar-refractivity contribution >= 4 is 20.0 Å². The van der Waals surface area contributed by atoms with E-state index in [-0.39, 0.29) is 6.79 Å². The van der Waals surface area contributed by atoms with Gasteiger partial charge in [0.1, 0.15) is 5.75 Å². The van der Waals surface area contributed by atoms with Crippen LogP contribution >= 0.6 is 0 Å². The summed E-state index contributed by atoms with van der Waals surface area (Å²) in [5.41, 5.74) is 0.658. The number of fused-ring (bicyclic) bond motifs is 3. The molecule has 0 aliphatic heterocycles. The van der Waals surface area contributed by atoms with Crippen LogP contribution in [0.15, 0.2) is 42.5 Å². The molecule has 0 saturated heterocycles. The minimum atomic E-state index is -3.96. The number of hydrogen-bond donors (Lipinski definition) is 0. The van der Waals surface area contributed by atoms with Crippen molar-refractivity contribution in [3.8, 4) is 16.9 Å². The zero-order valence-electron chi connectivity index (χ0n) is 15.1. The molecular weight excluding hydrogens is 392 g/mol. The van der Waals surface area contributed by atoms with Gasteiger partial charge in [-0.1, -0.05) is 30.3 Å². The van der Waals surface area contributed by atoms with Gasteiger partial charge in [0, 0.05) is 13.4 Å². The Balaban J connectivity index is 2.28. The Morgan fingerprint density at radius 3 is 2.22 bits per heavy atom. The Morgan fingerprint density at radius 1 is 0.926 bits per heavy atom. The van der Waals surface area contributed by atoms with Gasteiger partial charge in [0.15, 0.2) is 22.2 Å². The third kappa shape index (κ3) is 4.01. The van der Waals surface area contributed by atoms with Crippen molar-refractivity contribution in [3.63, 3.8) is 0 Å². The maximum Gasteiger partial charge on any atom is 0.265 e. The number of benzene rings is 2. The maximum atomic E-state index is 12.2. The highest BCUT2D eigenvalue weighted by Gasteiger charge is 2.49. The Bertz CT molecular complexity index is 1040. The summed E-state index contributed by atoms with van der Waals surface area (Å²) in [7, 11) is -6.05. The van der Waals surface area contributed by atoms with Crippen LogP contribution in [0.25, 0.3) is 11.1 Å². The topological polar surface area (TPSA) is 96.0 Å². The molecule has 1 aliphatic rings. The summed E-state index contributed by atoms with van der Waals surface area (Å²) in [5.74, 6) is 0.00920. The third-order valence-corrected chi connectivity index (χ3v) is 5.70. The highest BCUT2D eigenvalue weighted by Crippen LogP contribution is 2.51. The van der Waals surface area contributed by atoms with Gasteiger partial charge in [-0.2, -0.15) is 8.42 Å². The van der Waals surface area contributed by atoms with Crippen LogP contribution in [0.1, 0.15) is 11.1 Å². The van der Waals surface area contributed by atoms with E-state index in [4.69, 9.17) is 13.7 Å². The summed E-state index contributed by atoms with van der Waals surface area (Å²) in [4.78, 5) is 0. The van der Waals surface area contributed by atoms with Gasteiger partial charge < -0.3 is 9.47 Å². The lowest BCUT2D eigenvalue weighted by Gasteiger charge is -2.29. The van der Waals surface area contributed by atoms with Crippen LogP contribution in [0.5, 0.6) is 5.75 Å². The van der Waals surface area contributed by atoms with Crippen LogP contribution in [0.4, 0.5) is 0 Å². The molecular formula is C18H20O7S2. The van der Waals surface area contributed by atoms with Gasteiger partial charge in [-0.3, -0.25) is 4.18 Å². The summed E-state index contributed by atoms with van der Waals surface area (Å²) in [6, 6.07) is 12.0. The van der Waals surface area contributed by atoms with E-state index in [9.17, 15) is 16.8 Å². The average Bonchev–Trinajstić information content (AvgIpc) is 2.80. The molecule has 2 aromatic rings. The number of rotatable bonds is 7. The van der Waals surface area contributed by atoms with Crippen LogP contribution in [0, 0.1) is 0 Å². The van der Waals surface area contributed by atoms with E-state index in [1.807, 2.05) is 0 Å². The molecule has 146 valence electrons. The van der Waals surface area contributed by atoms with Gasteiger partial charge in [0.05, 0.1) is 12.0 Å². The molecule has 1 atom stereocenters. The van der Waals surface area contributed by atoms with Crippen LogP contribution in [-0.4, -0.2) is 49.0 Å². The van der Waals surface area contributed by atoms with Gasteiger partial charge in [0.25, 0.3) is 10.1 Å². The van der Waals surface area contributed by atoms with Crippen LogP contribution < -0.4 is 4.74 Å². The highest BCUT2D eigenvalue weighted by molar-refractivity contribution is 7.90. The fourth-order valence-corrected chi connectivity index (χ4v) is 5.37. The van der Waals surface area contributed by atoms with E-state index < -0.39 is 31.3 Å². The van der Waals surface area contributed by atoms with Crippen LogP contribution in [0.3, 0.4) is 0 Å². The van der Waals surface area contributed by atoms with Crippen molar-refractivity contribution in [2.45, 2.75) is 5.60 Å². The second kappa shape index (κ2) is 6.90. The molecule has 2 aromatic carbocycles. The smallest absolute Gasteiger partial charge is 0.265 e. The quantitative estimate of drug-likeness (QED) is 0.506. The molecule has 0 bridgehead atoms. The summed E-state index contributed by atoms with van der Waals surface area (Å²) < 4.78 is 64.3. The molecule has 0 radical (unpaired) electrons. The van der Waals surface area contributed by atoms with E-state index in [2.05, 4.69) is 0 Å². The van der Waals surface area contributed by atoms with Crippen molar-refractivity contribution in [1.82, 2.24) is 0 Å². The molecule has 0 heterocycles. The molecule has 3 rings (SSSR count). The molecule has 27 heavy (non-hydrogen) atoms. The Kier molecular flexibility index (Phi) is 5.06. The van der Waals surface area contributed by atoms with Gasteiger partial charge in [0.2, 0.25) is 0 Å². The van der Waals surface area contributed by atoms with E-state index in [0.29, 0.717) is 28.0 Å². The Labute approximate surface area is 158 Å². The minimum absolute atomic E-state index is 0.0504. The van der Waals surface area contributed by atoms with Crippen molar-refractivity contribution in [3.05, 3.63) is 53.6 Å².